The van der Waals surface area contributed by atoms with Gasteiger partial charge in [0.25, 0.3) is 0 Å². The normalized spacial score (nSPS) is 18.8. The lowest BCUT2D eigenvalue weighted by atomic mass is 9.94. The van der Waals surface area contributed by atoms with Crippen LogP contribution in [0.25, 0.3) is 22.4 Å². The first-order valence-electron chi connectivity index (χ1n) is 19.6. The number of nitrogens with one attached hydrogen (secondary N) is 2. The number of methoxy groups -OCH3 is 1. The molecule has 0 bridgehead atoms. The molecule has 8 rings (SSSR count). The van der Waals surface area contributed by atoms with Crippen molar-refractivity contribution in [2.24, 2.45) is 5.92 Å². The van der Waals surface area contributed by atoms with E-state index in [1.165, 1.54) is 0 Å². The molecule has 3 aromatic heterocycles. The number of nitrogens with zero attached hydrogens (tertiary/aromatic N) is 4. The topological polar surface area (TPSA) is 148 Å². The van der Waals surface area contributed by atoms with Crippen LogP contribution in [0.1, 0.15) is 59.6 Å². The Bertz CT molecular complexity index is 2380. The number of benzene rings is 2. The van der Waals surface area contributed by atoms with Crippen molar-refractivity contribution in [1.82, 2.24) is 30.5 Å². The molecular weight excluding hydrogens is 815 g/mol. The zero-order valence-corrected chi connectivity index (χ0v) is 34.6. The molecule has 3 atom stereocenters. The van der Waals surface area contributed by atoms with Gasteiger partial charge in [-0.15, -0.1) is 0 Å². The molecule has 5 heterocycles. The molecule has 0 radical (unpaired) electrons. The molecule has 2 aromatic carbocycles. The van der Waals surface area contributed by atoms with Crippen molar-refractivity contribution in [3.05, 3.63) is 116 Å². The Balaban J connectivity index is 1.02. The smallest absolute Gasteiger partial charge is 0.307 e. The summed E-state index contributed by atoms with van der Waals surface area (Å²) in [6.07, 6.45) is 6.30. The average molecular weight is 858 g/mol. The van der Waals surface area contributed by atoms with Gasteiger partial charge >= 0.3 is 5.97 Å². The molecular formula is C44H43Cl3N6O6. The van der Waals surface area contributed by atoms with Crippen LogP contribution >= 0.6 is 34.8 Å². The summed E-state index contributed by atoms with van der Waals surface area (Å²) in [5, 5.41) is 17.4. The standard InChI is InChI=1S/C44H43Cl3N6O6/c1-57-41-26(19-49-21-30-9-13-39(54)50-30)8-11-37(51-41)35-7-3-6-34(40(35)47)31-4-2-5-33-32(31)10-12-38(33)59-43-36(46)17-28(23-53-15-14-27(22-53)44(55)56)42(52-43)58-24-25-16-29(45)20-48-18-25/h2-8,11,16-18,20,27,30,38,49H,9-10,12-15,19,21-24H2,1H3,(H,50,54)(H,55,56)/t27-,30-,38-/m0/s1. The molecule has 59 heavy (non-hydrogen) atoms. The van der Waals surface area contributed by atoms with E-state index in [4.69, 9.17) is 59.0 Å². The number of hydrogen-bond donors (Lipinski definition) is 3. The minimum Gasteiger partial charge on any atom is -0.481 e. The average Bonchev–Trinajstić information content (AvgIpc) is 3.99. The molecule has 0 saturated carbocycles. The SMILES string of the molecule is COc1nc(-c2cccc(-c3cccc4c3CC[C@@H]4Oc3nc(OCc4cncc(Cl)c4)c(CN4CC[C@H](C(=O)O)C4)cc3Cl)c2Cl)ccc1CNC[C@@H]1CCC(=O)N1. The minimum atomic E-state index is -0.798. The fraction of sp³-hybridized carbons (Fsp3) is 0.341. The van der Waals surface area contributed by atoms with Gasteiger partial charge in [-0.25, -0.2) is 4.98 Å². The third kappa shape index (κ3) is 9.27. The van der Waals surface area contributed by atoms with Crippen LogP contribution in [0.5, 0.6) is 17.6 Å². The number of carbonyl (C=O) groups is 2. The molecule has 15 heteroatoms. The number of carboxylic acids is 1. The lowest BCUT2D eigenvalue weighted by Crippen LogP contribution is -2.35. The fourth-order valence-electron chi connectivity index (χ4n) is 8.13. The largest absolute Gasteiger partial charge is 0.481 e. The Hall–Kier alpha value is -4.98. The zero-order valence-electron chi connectivity index (χ0n) is 32.3. The molecule has 3 N–H and O–H groups in total. The van der Waals surface area contributed by atoms with E-state index in [9.17, 15) is 14.7 Å². The van der Waals surface area contributed by atoms with Crippen LogP contribution in [0, 0.1) is 5.92 Å². The van der Waals surface area contributed by atoms with Crippen LogP contribution < -0.4 is 24.8 Å². The molecule has 5 aromatic rings. The number of carbonyl (C=O) groups excluding carboxylic acids is 1. The number of amides is 1. The third-order valence-corrected chi connectivity index (χ3v) is 12.0. The van der Waals surface area contributed by atoms with E-state index >= 15 is 0 Å². The zero-order chi connectivity index (χ0) is 41.0. The molecule has 2 fully saturated rings. The van der Waals surface area contributed by atoms with E-state index in [2.05, 4.69) is 32.7 Å². The van der Waals surface area contributed by atoms with Crippen LogP contribution in [-0.2, 0) is 35.7 Å². The predicted molar refractivity (Wildman–Crippen MR) is 225 cm³/mol. The maximum atomic E-state index is 11.7. The van der Waals surface area contributed by atoms with Gasteiger partial charge in [-0.05, 0) is 67.1 Å². The second-order valence-electron chi connectivity index (χ2n) is 15.1. The van der Waals surface area contributed by atoms with Crippen LogP contribution in [0.2, 0.25) is 15.1 Å². The number of aliphatic carboxylic acids is 1. The van der Waals surface area contributed by atoms with Gasteiger partial charge in [-0.1, -0.05) is 77.3 Å². The highest BCUT2D eigenvalue weighted by molar-refractivity contribution is 6.36. The molecule has 2 saturated heterocycles. The summed E-state index contributed by atoms with van der Waals surface area (Å²) < 4.78 is 18.6. The van der Waals surface area contributed by atoms with Gasteiger partial charge in [0.15, 0.2) is 0 Å². The summed E-state index contributed by atoms with van der Waals surface area (Å²) in [4.78, 5) is 39.1. The number of ether oxygens (including phenoxy) is 3. The molecule has 3 aliphatic rings. The first kappa shape index (κ1) is 40.8. The quantitative estimate of drug-likeness (QED) is 0.0939. The van der Waals surface area contributed by atoms with Gasteiger partial charge in [0.2, 0.25) is 23.5 Å². The van der Waals surface area contributed by atoms with E-state index < -0.39 is 11.9 Å². The van der Waals surface area contributed by atoms with Crippen molar-refractivity contribution < 1.29 is 28.9 Å². The van der Waals surface area contributed by atoms with Gasteiger partial charge in [0.1, 0.15) is 17.7 Å². The maximum absolute atomic E-state index is 11.7. The van der Waals surface area contributed by atoms with Crippen LogP contribution in [-0.4, -0.2) is 69.6 Å². The van der Waals surface area contributed by atoms with Crippen molar-refractivity contribution >= 4 is 46.7 Å². The van der Waals surface area contributed by atoms with Gasteiger partial charge in [0.05, 0.1) is 28.8 Å². The number of pyridine rings is 3. The van der Waals surface area contributed by atoms with Crippen LogP contribution in [0.3, 0.4) is 0 Å². The number of carboxylic acid groups (broad SMARTS) is 1. The Morgan fingerprint density at radius 1 is 0.932 bits per heavy atom. The molecule has 1 amide bonds. The number of rotatable bonds is 15. The van der Waals surface area contributed by atoms with E-state index in [1.54, 1.807) is 31.6 Å². The number of hydrogen-bond acceptors (Lipinski definition) is 10. The highest BCUT2D eigenvalue weighted by atomic mass is 35.5. The molecule has 0 spiro atoms. The molecule has 0 unspecified atom stereocenters. The predicted octanol–water partition coefficient (Wildman–Crippen LogP) is 8.09. The summed E-state index contributed by atoms with van der Waals surface area (Å²) in [6.45, 7) is 2.86. The number of fused-ring (bicyclic) bond motifs is 1. The van der Waals surface area contributed by atoms with Gasteiger partial charge in [-0.2, -0.15) is 4.98 Å². The lowest BCUT2D eigenvalue weighted by Gasteiger charge is -2.21. The lowest BCUT2D eigenvalue weighted by molar-refractivity contribution is -0.141. The number of halogens is 3. The van der Waals surface area contributed by atoms with Crippen molar-refractivity contribution in [3.63, 3.8) is 0 Å². The summed E-state index contributed by atoms with van der Waals surface area (Å²) in [6, 6.07) is 19.7. The van der Waals surface area contributed by atoms with Gasteiger partial charge < -0.3 is 30.0 Å². The Morgan fingerprint density at radius 3 is 2.54 bits per heavy atom. The van der Waals surface area contributed by atoms with Gasteiger partial charge in [0, 0.05) is 78.9 Å². The first-order valence-corrected chi connectivity index (χ1v) is 20.8. The molecule has 12 nitrogen and oxygen atoms in total. The van der Waals surface area contributed by atoms with Crippen molar-refractivity contribution in [3.8, 4) is 40.0 Å². The Kier molecular flexibility index (Phi) is 12.5. The van der Waals surface area contributed by atoms with Crippen molar-refractivity contribution in [2.75, 3.05) is 26.7 Å². The summed E-state index contributed by atoms with van der Waals surface area (Å²) in [5.41, 5.74) is 7.89. The third-order valence-electron chi connectivity index (χ3n) is 11.1. The van der Waals surface area contributed by atoms with Crippen LogP contribution in [0.15, 0.2) is 73.1 Å². The highest BCUT2D eigenvalue weighted by Gasteiger charge is 2.31. The highest BCUT2D eigenvalue weighted by Crippen LogP contribution is 2.45. The first-order chi connectivity index (χ1) is 28.6. The summed E-state index contributed by atoms with van der Waals surface area (Å²) in [5.74, 6) is -0.0407. The van der Waals surface area contributed by atoms with E-state index in [0.717, 1.165) is 57.3 Å². The fourth-order valence-corrected chi connectivity index (χ4v) is 8.87. The molecule has 306 valence electrons. The second-order valence-corrected chi connectivity index (χ2v) is 16.3. The van der Waals surface area contributed by atoms with Gasteiger partial charge in [-0.3, -0.25) is 19.5 Å². The van der Waals surface area contributed by atoms with Crippen molar-refractivity contribution in [1.29, 1.82) is 0 Å². The number of aromatic nitrogens is 3. The van der Waals surface area contributed by atoms with E-state index in [-0.39, 0.29) is 30.5 Å². The van der Waals surface area contributed by atoms with E-state index in [0.29, 0.717) is 84.5 Å². The molecule has 1 aliphatic carbocycles. The molecule has 2 aliphatic heterocycles. The number of likely N-dealkylation sites (tertiary alicyclic amines) is 1. The second kappa shape index (κ2) is 18.1. The summed E-state index contributed by atoms with van der Waals surface area (Å²) >= 11 is 20.3. The van der Waals surface area contributed by atoms with Crippen molar-refractivity contribution in [2.45, 2.75) is 63.9 Å². The Morgan fingerprint density at radius 2 is 1.76 bits per heavy atom. The summed E-state index contributed by atoms with van der Waals surface area (Å²) in [7, 11) is 1.60. The maximum Gasteiger partial charge on any atom is 0.307 e. The monoisotopic (exact) mass is 856 g/mol. The Labute approximate surface area is 357 Å². The van der Waals surface area contributed by atoms with E-state index in [1.807, 2.05) is 36.4 Å². The van der Waals surface area contributed by atoms with Crippen LogP contribution in [0.4, 0.5) is 0 Å². The minimum absolute atomic E-state index is 0.0932.